The zero-order valence-corrected chi connectivity index (χ0v) is 13.6. The number of benzene rings is 2. The maximum atomic E-state index is 11.7. The molecule has 0 aliphatic carbocycles. The van der Waals surface area contributed by atoms with Crippen LogP contribution in [0.3, 0.4) is 0 Å². The average Bonchev–Trinajstić information content (AvgIpc) is 2.51. The molecule has 0 aliphatic rings. The number of para-hydroxylation sites is 1. The van der Waals surface area contributed by atoms with E-state index in [4.69, 9.17) is 11.6 Å². The van der Waals surface area contributed by atoms with Crippen molar-refractivity contribution in [1.29, 1.82) is 0 Å². The molecule has 0 heterocycles. The number of rotatable bonds is 3. The highest BCUT2D eigenvalue weighted by Gasteiger charge is 2.13. The van der Waals surface area contributed by atoms with Crippen molar-refractivity contribution in [3.63, 3.8) is 0 Å². The smallest absolute Gasteiger partial charge is 0.316 e. The zero-order valence-electron chi connectivity index (χ0n) is 11.2. The molecule has 0 radical (unpaired) electrons. The molecule has 2 aromatic carbocycles. The number of nitrogens with zero attached hydrogens (tertiary/aromatic N) is 1. The van der Waals surface area contributed by atoms with E-state index in [0.717, 1.165) is 10.0 Å². The van der Waals surface area contributed by atoms with Crippen molar-refractivity contribution in [3.05, 3.63) is 63.6 Å². The van der Waals surface area contributed by atoms with E-state index >= 15 is 0 Å². The van der Waals surface area contributed by atoms with Crippen molar-refractivity contribution in [2.75, 3.05) is 5.32 Å². The first-order valence-corrected chi connectivity index (χ1v) is 7.38. The molecule has 7 heteroatoms. The number of hydrogen-bond acceptors (Lipinski definition) is 3. The van der Waals surface area contributed by atoms with Crippen LogP contribution in [-0.2, 0) is 9.59 Å². The van der Waals surface area contributed by atoms with Crippen LogP contribution in [0.4, 0.5) is 5.69 Å². The number of hydrogen-bond donors (Lipinski definition) is 2. The van der Waals surface area contributed by atoms with Crippen LogP contribution in [0, 0.1) is 0 Å². The number of carbonyl (C=O) groups excluding carboxylic acids is 2. The number of anilines is 1. The van der Waals surface area contributed by atoms with E-state index in [0.29, 0.717) is 10.7 Å². The minimum Gasteiger partial charge on any atom is -0.316 e. The number of amides is 2. The van der Waals surface area contributed by atoms with Crippen LogP contribution in [0.1, 0.15) is 5.56 Å². The highest BCUT2D eigenvalue weighted by molar-refractivity contribution is 9.10. The molecule has 0 atom stereocenters. The van der Waals surface area contributed by atoms with Gasteiger partial charge in [-0.25, -0.2) is 5.43 Å². The molecule has 2 aromatic rings. The van der Waals surface area contributed by atoms with E-state index < -0.39 is 11.8 Å². The van der Waals surface area contributed by atoms with Gasteiger partial charge >= 0.3 is 11.8 Å². The van der Waals surface area contributed by atoms with Crippen LogP contribution < -0.4 is 10.7 Å². The van der Waals surface area contributed by atoms with Gasteiger partial charge in [0, 0.05) is 4.47 Å². The highest BCUT2D eigenvalue weighted by atomic mass is 79.9. The lowest BCUT2D eigenvalue weighted by atomic mass is 10.2. The third-order valence-corrected chi connectivity index (χ3v) is 3.44. The molecule has 0 bridgehead atoms. The van der Waals surface area contributed by atoms with Crippen molar-refractivity contribution >= 4 is 51.2 Å². The fourth-order valence-corrected chi connectivity index (χ4v) is 1.95. The molecule has 0 spiro atoms. The van der Waals surface area contributed by atoms with Gasteiger partial charge in [0.15, 0.2) is 0 Å². The maximum absolute atomic E-state index is 11.7. The van der Waals surface area contributed by atoms with E-state index in [1.807, 2.05) is 24.3 Å². The van der Waals surface area contributed by atoms with Crippen molar-refractivity contribution in [2.45, 2.75) is 0 Å². The molecule has 112 valence electrons. The van der Waals surface area contributed by atoms with Gasteiger partial charge in [-0.1, -0.05) is 51.8 Å². The van der Waals surface area contributed by atoms with Crippen LogP contribution in [0.5, 0.6) is 0 Å². The van der Waals surface area contributed by atoms with E-state index in [-0.39, 0.29) is 0 Å². The zero-order chi connectivity index (χ0) is 15.9. The Bertz CT molecular complexity index is 717. The van der Waals surface area contributed by atoms with Crippen LogP contribution in [-0.4, -0.2) is 18.0 Å². The van der Waals surface area contributed by atoms with E-state index in [9.17, 15) is 9.59 Å². The van der Waals surface area contributed by atoms with Crippen LogP contribution >= 0.6 is 27.5 Å². The molecule has 2 N–H and O–H groups in total. The van der Waals surface area contributed by atoms with Gasteiger partial charge in [0.2, 0.25) is 0 Å². The molecule has 0 aromatic heterocycles. The van der Waals surface area contributed by atoms with Gasteiger partial charge in [-0.2, -0.15) is 5.10 Å². The monoisotopic (exact) mass is 379 g/mol. The SMILES string of the molecule is O=C(N/N=C\c1ccc(Br)cc1)C(=O)Nc1ccccc1Cl. The Morgan fingerprint density at radius 2 is 1.73 bits per heavy atom. The van der Waals surface area contributed by atoms with Crippen molar-refractivity contribution in [1.82, 2.24) is 5.43 Å². The Morgan fingerprint density at radius 1 is 1.05 bits per heavy atom. The number of carbonyl (C=O) groups is 2. The lowest BCUT2D eigenvalue weighted by molar-refractivity contribution is -0.136. The molecule has 5 nitrogen and oxygen atoms in total. The molecule has 0 saturated heterocycles. The first-order chi connectivity index (χ1) is 10.6. The Kier molecular flexibility index (Phi) is 5.68. The number of hydrazone groups is 1. The number of halogens is 2. The summed E-state index contributed by atoms with van der Waals surface area (Å²) < 4.78 is 0.938. The predicted molar refractivity (Wildman–Crippen MR) is 90.0 cm³/mol. The van der Waals surface area contributed by atoms with E-state index in [1.165, 1.54) is 6.21 Å². The molecule has 0 unspecified atom stereocenters. The minimum absolute atomic E-state index is 0.349. The minimum atomic E-state index is -0.881. The van der Waals surface area contributed by atoms with E-state index in [2.05, 4.69) is 31.8 Å². The quantitative estimate of drug-likeness (QED) is 0.488. The third-order valence-electron chi connectivity index (χ3n) is 2.58. The predicted octanol–water partition coefficient (Wildman–Crippen LogP) is 3.19. The Labute approximate surface area is 140 Å². The fraction of sp³-hybridized carbons (Fsp3) is 0. The molecule has 2 rings (SSSR count). The molecule has 0 fully saturated rings. The summed E-state index contributed by atoms with van der Waals surface area (Å²) in [5.74, 6) is -1.73. The third kappa shape index (κ3) is 4.68. The van der Waals surface area contributed by atoms with Crippen LogP contribution in [0.2, 0.25) is 5.02 Å². The average molecular weight is 381 g/mol. The molecule has 22 heavy (non-hydrogen) atoms. The standard InChI is InChI=1S/C15H11BrClN3O2/c16-11-7-5-10(6-8-11)9-18-20-15(22)14(21)19-13-4-2-1-3-12(13)17/h1-9H,(H,19,21)(H,20,22)/b18-9-. The van der Waals surface area contributed by atoms with Gasteiger partial charge in [0.1, 0.15) is 0 Å². The first-order valence-electron chi connectivity index (χ1n) is 6.21. The second kappa shape index (κ2) is 7.72. The summed E-state index contributed by atoms with van der Waals surface area (Å²) in [7, 11) is 0. The summed E-state index contributed by atoms with van der Waals surface area (Å²) in [6.07, 6.45) is 1.44. The topological polar surface area (TPSA) is 70.6 Å². The molecular formula is C15H11BrClN3O2. The molecule has 2 amide bonds. The highest BCUT2D eigenvalue weighted by Crippen LogP contribution is 2.20. The lowest BCUT2D eigenvalue weighted by Gasteiger charge is -2.05. The fourth-order valence-electron chi connectivity index (χ4n) is 1.51. The normalized spacial score (nSPS) is 10.5. The van der Waals surface area contributed by atoms with Gasteiger partial charge in [0.25, 0.3) is 0 Å². The second-order valence-electron chi connectivity index (χ2n) is 4.18. The van der Waals surface area contributed by atoms with Gasteiger partial charge in [-0.3, -0.25) is 9.59 Å². The van der Waals surface area contributed by atoms with Gasteiger partial charge in [-0.15, -0.1) is 0 Å². The Morgan fingerprint density at radius 3 is 2.41 bits per heavy atom. The summed E-state index contributed by atoms with van der Waals surface area (Å²) in [4.78, 5) is 23.3. The van der Waals surface area contributed by atoms with Crippen molar-refractivity contribution in [2.24, 2.45) is 5.10 Å². The van der Waals surface area contributed by atoms with Gasteiger partial charge in [0.05, 0.1) is 16.9 Å². The summed E-state index contributed by atoms with van der Waals surface area (Å²) in [6, 6.07) is 13.9. The Balaban J connectivity index is 1.90. The lowest BCUT2D eigenvalue weighted by Crippen LogP contribution is -2.32. The second-order valence-corrected chi connectivity index (χ2v) is 5.51. The molecular weight excluding hydrogens is 370 g/mol. The van der Waals surface area contributed by atoms with Crippen molar-refractivity contribution < 1.29 is 9.59 Å². The summed E-state index contributed by atoms with van der Waals surface area (Å²) >= 11 is 9.21. The number of nitrogens with one attached hydrogen (secondary N) is 2. The molecule has 0 aliphatic heterocycles. The largest absolute Gasteiger partial charge is 0.329 e. The molecule has 0 saturated carbocycles. The maximum Gasteiger partial charge on any atom is 0.329 e. The first kappa shape index (κ1) is 16.2. The summed E-state index contributed by atoms with van der Waals surface area (Å²) in [5, 5.41) is 6.47. The van der Waals surface area contributed by atoms with Crippen LogP contribution in [0.25, 0.3) is 0 Å². The van der Waals surface area contributed by atoms with Crippen molar-refractivity contribution in [3.8, 4) is 0 Å². The Hall–Kier alpha value is -2.18. The van der Waals surface area contributed by atoms with Crippen LogP contribution in [0.15, 0.2) is 58.1 Å². The summed E-state index contributed by atoms with van der Waals surface area (Å²) in [5.41, 5.74) is 3.30. The van der Waals surface area contributed by atoms with Gasteiger partial charge in [-0.05, 0) is 29.8 Å². The summed E-state index contributed by atoms with van der Waals surface area (Å²) in [6.45, 7) is 0. The van der Waals surface area contributed by atoms with Gasteiger partial charge < -0.3 is 5.32 Å². The van der Waals surface area contributed by atoms with E-state index in [1.54, 1.807) is 24.3 Å².